The van der Waals surface area contributed by atoms with Crippen molar-refractivity contribution in [1.82, 2.24) is 5.32 Å². The molecule has 0 aliphatic heterocycles. The normalized spacial score (nSPS) is 14.2. The Morgan fingerprint density at radius 2 is 1.41 bits per heavy atom. The van der Waals surface area contributed by atoms with Gasteiger partial charge in [-0.25, -0.2) is 9.36 Å². The zero-order chi connectivity index (χ0) is 20.6. The Kier molecular flexibility index (Phi) is 15.7. The molecule has 0 aromatic heterocycles. The van der Waals surface area contributed by atoms with E-state index >= 15 is 0 Å². The predicted octanol–water partition coefficient (Wildman–Crippen LogP) is 4.53. The van der Waals surface area contributed by atoms with Crippen LogP contribution in [0.5, 0.6) is 0 Å². The van der Waals surface area contributed by atoms with Crippen LogP contribution in [0.2, 0.25) is 0 Å². The van der Waals surface area contributed by atoms with E-state index in [0.29, 0.717) is 6.54 Å². The minimum Gasteiger partial charge on any atom is -0.479 e. The van der Waals surface area contributed by atoms with Gasteiger partial charge in [-0.15, -0.1) is 11.8 Å². The molecule has 0 unspecified atom stereocenters. The van der Waals surface area contributed by atoms with Crippen molar-refractivity contribution in [2.24, 2.45) is 0 Å². The molecule has 0 aliphatic carbocycles. The Balaban J connectivity index is 3.80. The lowest BCUT2D eigenvalue weighted by molar-refractivity contribution is -0.141. The summed E-state index contributed by atoms with van der Waals surface area (Å²) in [5, 5.41) is 12.3. The predicted molar refractivity (Wildman–Crippen MR) is 111 cm³/mol. The molecule has 0 radical (unpaired) electrons. The number of carbonyl (C=O) groups is 1. The lowest BCUT2D eigenvalue weighted by Gasteiger charge is -2.28. The summed E-state index contributed by atoms with van der Waals surface area (Å²) in [5.41, 5.74) is 0. The van der Waals surface area contributed by atoms with E-state index in [1.54, 1.807) is 6.26 Å². The SMILES string of the molecule is CCCCCCCCCCCCCCN[C@](COP(=O)(O)O)(SC)C(=O)O. The maximum Gasteiger partial charge on any atom is 0.469 e. The zero-order valence-electron chi connectivity index (χ0n) is 16.8. The van der Waals surface area contributed by atoms with Gasteiger partial charge in [-0.2, -0.15) is 0 Å². The highest BCUT2D eigenvalue weighted by Gasteiger charge is 2.39. The minimum absolute atomic E-state index is 0.467. The second-order valence-electron chi connectivity index (χ2n) is 6.92. The fourth-order valence-corrected chi connectivity index (χ4v) is 3.89. The van der Waals surface area contributed by atoms with Crippen molar-refractivity contribution in [3.8, 4) is 0 Å². The second kappa shape index (κ2) is 15.8. The summed E-state index contributed by atoms with van der Waals surface area (Å²) < 4.78 is 15.3. The molecule has 0 heterocycles. The van der Waals surface area contributed by atoms with Gasteiger partial charge in [0.25, 0.3) is 0 Å². The standard InChI is InChI=1S/C18H38NO6PS/c1-3-4-5-6-7-8-9-10-11-12-13-14-15-19-18(27-2,17(20)21)16-25-26(22,23)24/h19H,3-16H2,1-2H3,(H,20,21)(H2,22,23,24)/t18-/m1/s1. The molecule has 9 heteroatoms. The van der Waals surface area contributed by atoms with E-state index < -0.39 is 25.3 Å². The molecule has 0 fully saturated rings. The van der Waals surface area contributed by atoms with Crippen molar-refractivity contribution >= 4 is 25.6 Å². The van der Waals surface area contributed by atoms with Gasteiger partial charge in [-0.1, -0.05) is 77.6 Å². The molecule has 0 saturated heterocycles. The topological polar surface area (TPSA) is 116 Å². The largest absolute Gasteiger partial charge is 0.479 e. The van der Waals surface area contributed by atoms with Crippen molar-refractivity contribution in [2.45, 2.75) is 88.8 Å². The maximum atomic E-state index is 11.5. The number of thioether (sulfide) groups is 1. The van der Waals surface area contributed by atoms with E-state index in [-0.39, 0.29) is 0 Å². The molecule has 0 aromatic rings. The Morgan fingerprint density at radius 3 is 1.78 bits per heavy atom. The Labute approximate surface area is 168 Å². The van der Waals surface area contributed by atoms with Crippen LogP contribution in [0.4, 0.5) is 0 Å². The fraction of sp³-hybridized carbons (Fsp3) is 0.944. The van der Waals surface area contributed by atoms with E-state index in [1.807, 2.05) is 0 Å². The van der Waals surface area contributed by atoms with Crippen LogP contribution in [0.1, 0.15) is 84.0 Å². The molecule has 0 spiro atoms. The van der Waals surface area contributed by atoms with Crippen molar-refractivity contribution in [3.05, 3.63) is 0 Å². The molecule has 27 heavy (non-hydrogen) atoms. The van der Waals surface area contributed by atoms with Crippen molar-refractivity contribution in [1.29, 1.82) is 0 Å². The molecule has 0 bridgehead atoms. The van der Waals surface area contributed by atoms with Crippen LogP contribution in [0.15, 0.2) is 0 Å². The van der Waals surface area contributed by atoms with Crippen LogP contribution >= 0.6 is 19.6 Å². The number of hydrogen-bond donors (Lipinski definition) is 4. The maximum absolute atomic E-state index is 11.5. The van der Waals surface area contributed by atoms with Gasteiger partial charge in [-0.3, -0.25) is 9.84 Å². The minimum atomic E-state index is -4.70. The van der Waals surface area contributed by atoms with Crippen LogP contribution < -0.4 is 5.32 Å². The number of phosphoric ester groups is 1. The third-order valence-electron chi connectivity index (χ3n) is 4.57. The van der Waals surface area contributed by atoms with Gasteiger partial charge in [0.2, 0.25) is 0 Å². The Hall–Kier alpha value is -0.110. The highest BCUT2D eigenvalue weighted by Crippen LogP contribution is 2.38. The van der Waals surface area contributed by atoms with Gasteiger partial charge in [0.15, 0.2) is 4.87 Å². The number of nitrogens with one attached hydrogen (secondary N) is 1. The Bertz CT molecular complexity index is 434. The summed E-state index contributed by atoms with van der Waals surface area (Å²) >= 11 is 0.971. The summed E-state index contributed by atoms with van der Waals surface area (Å²) in [5.74, 6) is -1.19. The van der Waals surface area contributed by atoms with Gasteiger partial charge in [0.05, 0.1) is 6.61 Å². The van der Waals surface area contributed by atoms with Crippen LogP contribution in [0.25, 0.3) is 0 Å². The van der Waals surface area contributed by atoms with E-state index in [9.17, 15) is 14.5 Å². The molecule has 0 amide bonds. The fourth-order valence-electron chi connectivity index (χ4n) is 2.84. The smallest absolute Gasteiger partial charge is 0.469 e. The summed E-state index contributed by atoms with van der Waals surface area (Å²) in [6, 6.07) is 0. The molecule has 0 saturated carbocycles. The molecule has 4 N–H and O–H groups in total. The Morgan fingerprint density at radius 1 is 0.963 bits per heavy atom. The number of unbranched alkanes of at least 4 members (excludes halogenated alkanes) is 11. The number of carboxylic acids is 1. The first kappa shape index (κ1) is 26.9. The summed E-state index contributed by atoms with van der Waals surface area (Å²) in [6.45, 7) is 2.11. The number of phosphoric acid groups is 1. The summed E-state index contributed by atoms with van der Waals surface area (Å²) in [7, 11) is -4.70. The van der Waals surface area contributed by atoms with Gasteiger partial charge in [0.1, 0.15) is 0 Å². The van der Waals surface area contributed by atoms with E-state index in [2.05, 4.69) is 16.8 Å². The molecular weight excluding hydrogens is 389 g/mol. The first-order valence-corrected chi connectivity index (χ1v) is 12.8. The monoisotopic (exact) mass is 427 g/mol. The average molecular weight is 428 g/mol. The first-order chi connectivity index (χ1) is 12.8. The van der Waals surface area contributed by atoms with Gasteiger partial charge in [-0.05, 0) is 19.2 Å². The van der Waals surface area contributed by atoms with Gasteiger partial charge >= 0.3 is 13.8 Å². The molecule has 162 valence electrons. The van der Waals surface area contributed by atoms with Crippen LogP contribution in [-0.4, -0.2) is 45.1 Å². The zero-order valence-corrected chi connectivity index (χ0v) is 18.5. The lowest BCUT2D eigenvalue weighted by atomic mass is 10.1. The highest BCUT2D eigenvalue weighted by atomic mass is 32.2. The second-order valence-corrected chi connectivity index (χ2v) is 9.26. The average Bonchev–Trinajstić information content (AvgIpc) is 2.60. The van der Waals surface area contributed by atoms with Gasteiger partial charge < -0.3 is 14.9 Å². The number of carboxylic acid groups (broad SMARTS) is 1. The highest BCUT2D eigenvalue weighted by molar-refractivity contribution is 8.00. The van der Waals surface area contributed by atoms with E-state index in [1.165, 1.54) is 57.8 Å². The molecule has 0 aliphatic rings. The summed E-state index contributed by atoms with van der Waals surface area (Å²) in [4.78, 5) is 27.6. The van der Waals surface area contributed by atoms with Crippen molar-refractivity contribution in [3.63, 3.8) is 0 Å². The van der Waals surface area contributed by atoms with Crippen LogP contribution in [0, 0.1) is 0 Å². The molecular formula is C18H38NO6PS. The lowest BCUT2D eigenvalue weighted by Crippen LogP contribution is -2.52. The quantitative estimate of drug-likeness (QED) is 0.135. The van der Waals surface area contributed by atoms with E-state index in [0.717, 1.165) is 31.0 Å². The van der Waals surface area contributed by atoms with Crippen LogP contribution in [-0.2, 0) is 13.9 Å². The molecule has 7 nitrogen and oxygen atoms in total. The number of aliphatic carboxylic acids is 1. The molecule has 0 rings (SSSR count). The third kappa shape index (κ3) is 14.5. The summed E-state index contributed by atoms with van der Waals surface area (Å²) in [6.07, 6.45) is 16.3. The van der Waals surface area contributed by atoms with Crippen molar-refractivity contribution < 1.29 is 28.8 Å². The van der Waals surface area contributed by atoms with Crippen molar-refractivity contribution in [2.75, 3.05) is 19.4 Å². The van der Waals surface area contributed by atoms with E-state index in [4.69, 9.17) is 9.79 Å². The molecule has 1 atom stereocenters. The van der Waals surface area contributed by atoms with Gasteiger partial charge in [0, 0.05) is 0 Å². The number of rotatable bonds is 19. The number of hydrogen-bond acceptors (Lipinski definition) is 5. The first-order valence-electron chi connectivity index (χ1n) is 10.0. The molecule has 0 aromatic carbocycles. The third-order valence-corrected chi connectivity index (χ3v) is 6.17. The van der Waals surface area contributed by atoms with Crippen LogP contribution in [0.3, 0.4) is 0 Å².